The van der Waals surface area contributed by atoms with Gasteiger partial charge in [0.15, 0.2) is 0 Å². The lowest BCUT2D eigenvalue weighted by Crippen LogP contribution is -2.43. The molecule has 0 atom stereocenters. The second-order valence-electron chi connectivity index (χ2n) is 13.4. The number of pyridine rings is 1. The predicted molar refractivity (Wildman–Crippen MR) is 184 cm³/mol. The molecule has 2 aliphatic heterocycles. The summed E-state index contributed by atoms with van der Waals surface area (Å²) in [6.45, 7) is 9.28. The monoisotopic (exact) mass is 674 g/mol. The Morgan fingerprint density at radius 2 is 1.67 bits per heavy atom. The summed E-state index contributed by atoms with van der Waals surface area (Å²) in [6, 6.07) is 15.3. The molecular weight excluding hydrogens is 627 g/mol. The third-order valence-electron chi connectivity index (χ3n) is 9.70. The lowest BCUT2D eigenvalue weighted by atomic mass is 9.91. The van der Waals surface area contributed by atoms with Crippen LogP contribution in [0.1, 0.15) is 53.6 Å². The molecule has 3 aliphatic rings. The predicted octanol–water partition coefficient (Wildman–Crippen LogP) is 4.96. The molecule has 3 N–H and O–H groups in total. The number of likely N-dealkylation sites (N-methyl/N-ethyl adjacent to an activating group) is 1. The molecular formula is C37H47FN6O5. The van der Waals surface area contributed by atoms with Gasteiger partial charge in [0.1, 0.15) is 17.1 Å². The summed E-state index contributed by atoms with van der Waals surface area (Å²) in [6.07, 6.45) is 3.60. The van der Waals surface area contributed by atoms with Crippen LogP contribution >= 0.6 is 0 Å². The molecule has 12 heteroatoms. The first-order chi connectivity index (χ1) is 23.8. The Hall–Kier alpha value is -4.10. The van der Waals surface area contributed by atoms with Crippen LogP contribution in [0.3, 0.4) is 0 Å². The Morgan fingerprint density at radius 3 is 2.45 bits per heavy atom. The minimum Gasteiger partial charge on any atom is -0.465 e. The van der Waals surface area contributed by atoms with Gasteiger partial charge in [-0.3, -0.25) is 14.6 Å². The number of benzene rings is 2. The molecule has 49 heavy (non-hydrogen) atoms. The Kier molecular flexibility index (Phi) is 11.7. The fourth-order valence-electron chi connectivity index (χ4n) is 7.00. The van der Waals surface area contributed by atoms with Gasteiger partial charge in [0.2, 0.25) is 5.88 Å². The Balaban J connectivity index is 1.19. The summed E-state index contributed by atoms with van der Waals surface area (Å²) in [5.41, 5.74) is 4.62. The van der Waals surface area contributed by atoms with Crippen molar-refractivity contribution in [3.8, 4) is 22.8 Å². The zero-order valence-corrected chi connectivity index (χ0v) is 28.2. The van der Waals surface area contributed by atoms with Gasteiger partial charge in [-0.15, -0.1) is 0 Å². The number of aromatic nitrogens is 1. The molecule has 1 saturated carbocycles. The summed E-state index contributed by atoms with van der Waals surface area (Å²) < 4.78 is 26.2. The number of halogens is 1. The highest BCUT2D eigenvalue weighted by Crippen LogP contribution is 2.32. The lowest BCUT2D eigenvalue weighted by molar-refractivity contribution is 0.0342. The van der Waals surface area contributed by atoms with E-state index < -0.39 is 17.8 Å². The van der Waals surface area contributed by atoms with E-state index in [0.29, 0.717) is 31.4 Å². The van der Waals surface area contributed by atoms with Crippen molar-refractivity contribution in [1.82, 2.24) is 30.3 Å². The summed E-state index contributed by atoms with van der Waals surface area (Å²) in [7, 11) is 2.19. The SMILES string of the molecule is CN1CCCN(Cc2ccc(-c3cccc(Oc4ncc(F)cc4C(=O)N[C@H]4CC[C@H](NC(=O)O)CC4)c3)c(CN3CCOCC3)c2)CC1. The Morgan fingerprint density at radius 1 is 0.918 bits per heavy atom. The van der Waals surface area contributed by atoms with Gasteiger partial charge in [-0.2, -0.15) is 0 Å². The number of nitrogens with one attached hydrogen (secondary N) is 2. The van der Waals surface area contributed by atoms with Crippen LogP contribution in [0.4, 0.5) is 9.18 Å². The summed E-state index contributed by atoms with van der Waals surface area (Å²) in [5, 5.41) is 14.5. The van der Waals surface area contributed by atoms with Crippen molar-refractivity contribution in [2.24, 2.45) is 0 Å². The fraction of sp³-hybridized carbons (Fsp3) is 0.486. The van der Waals surface area contributed by atoms with Gasteiger partial charge in [0.05, 0.1) is 19.4 Å². The third-order valence-corrected chi connectivity index (χ3v) is 9.70. The van der Waals surface area contributed by atoms with Gasteiger partial charge < -0.3 is 30.1 Å². The first kappa shape index (κ1) is 34.8. The second kappa shape index (κ2) is 16.5. The third kappa shape index (κ3) is 9.75. The van der Waals surface area contributed by atoms with Crippen LogP contribution in [-0.2, 0) is 17.8 Å². The van der Waals surface area contributed by atoms with Crippen molar-refractivity contribution in [3.05, 3.63) is 77.2 Å². The van der Waals surface area contributed by atoms with E-state index in [1.54, 1.807) is 6.07 Å². The van der Waals surface area contributed by atoms with Crippen LogP contribution in [0.2, 0.25) is 0 Å². The highest BCUT2D eigenvalue weighted by molar-refractivity contribution is 5.96. The number of carboxylic acid groups (broad SMARTS) is 1. The number of nitrogens with zero attached hydrogens (tertiary/aromatic N) is 4. The Labute approximate surface area is 287 Å². The number of hydrogen-bond donors (Lipinski definition) is 3. The highest BCUT2D eigenvalue weighted by atomic mass is 19.1. The first-order valence-electron chi connectivity index (χ1n) is 17.4. The van der Waals surface area contributed by atoms with Gasteiger partial charge in [-0.05, 0) is 92.7 Å². The number of rotatable bonds is 10. The van der Waals surface area contributed by atoms with Crippen LogP contribution in [0, 0.1) is 5.82 Å². The van der Waals surface area contributed by atoms with Crippen LogP contribution < -0.4 is 15.4 Å². The summed E-state index contributed by atoms with van der Waals surface area (Å²) >= 11 is 0. The van der Waals surface area contributed by atoms with Crippen molar-refractivity contribution >= 4 is 12.0 Å². The van der Waals surface area contributed by atoms with E-state index in [9.17, 15) is 14.0 Å². The number of carbonyl (C=O) groups is 2. The van der Waals surface area contributed by atoms with Crippen LogP contribution in [-0.4, -0.2) is 108 Å². The van der Waals surface area contributed by atoms with Crippen molar-refractivity contribution < 1.29 is 28.6 Å². The maximum absolute atomic E-state index is 14.4. The van der Waals surface area contributed by atoms with Gasteiger partial charge in [-0.1, -0.05) is 30.3 Å². The minimum atomic E-state index is -1.05. The summed E-state index contributed by atoms with van der Waals surface area (Å²) in [5.74, 6) is -0.613. The lowest BCUT2D eigenvalue weighted by Gasteiger charge is -2.29. The molecule has 3 aromatic rings. The smallest absolute Gasteiger partial charge is 0.404 e. The average molecular weight is 675 g/mol. The second-order valence-corrected chi connectivity index (χ2v) is 13.4. The number of amides is 2. The quantitative estimate of drug-likeness (QED) is 0.274. The maximum Gasteiger partial charge on any atom is 0.404 e. The Bertz CT molecular complexity index is 1590. The van der Waals surface area contributed by atoms with E-state index in [-0.39, 0.29) is 23.5 Å². The van der Waals surface area contributed by atoms with Gasteiger partial charge in [0.25, 0.3) is 5.91 Å². The van der Waals surface area contributed by atoms with E-state index >= 15 is 0 Å². The number of morpholine rings is 1. The normalized spacial score (nSPS) is 21.1. The van der Waals surface area contributed by atoms with Crippen molar-refractivity contribution in [2.75, 3.05) is 59.5 Å². The standard InChI is InChI=1S/C37H47FN6O5/c1-42-12-3-13-43(15-14-42)24-26-6-11-33(28(20-26)25-44-16-18-48-19-17-44)27-4-2-5-32(21-27)49-36-34(22-29(38)23-39-36)35(45)40-30-7-9-31(10-8-30)41-37(46)47/h2,4-6,11,20-23,30-31,41H,3,7-10,12-19,24-25H2,1H3,(H,40,45)(H,46,47)/t30-,31-. The first-order valence-corrected chi connectivity index (χ1v) is 17.4. The molecule has 2 saturated heterocycles. The molecule has 3 heterocycles. The molecule has 0 spiro atoms. The van der Waals surface area contributed by atoms with Crippen molar-refractivity contribution in [2.45, 2.75) is 57.3 Å². The molecule has 2 amide bonds. The van der Waals surface area contributed by atoms with Gasteiger partial charge in [-0.25, -0.2) is 14.2 Å². The number of hydrogen-bond acceptors (Lipinski definition) is 8. The zero-order valence-electron chi connectivity index (χ0n) is 28.2. The van der Waals surface area contributed by atoms with Gasteiger partial charge >= 0.3 is 6.09 Å². The maximum atomic E-state index is 14.4. The average Bonchev–Trinajstić information content (AvgIpc) is 3.30. The van der Waals surface area contributed by atoms with Crippen molar-refractivity contribution in [1.29, 1.82) is 0 Å². The molecule has 262 valence electrons. The van der Waals surface area contributed by atoms with Gasteiger partial charge in [0, 0.05) is 51.4 Å². The molecule has 0 unspecified atom stereocenters. The van der Waals surface area contributed by atoms with E-state index in [1.165, 1.54) is 17.5 Å². The molecule has 1 aliphatic carbocycles. The van der Waals surface area contributed by atoms with Crippen LogP contribution in [0.25, 0.3) is 11.1 Å². The topological polar surface area (TPSA) is 120 Å². The fourth-order valence-corrected chi connectivity index (χ4v) is 7.00. The molecule has 1 aromatic heterocycles. The largest absolute Gasteiger partial charge is 0.465 e. The van der Waals surface area contributed by atoms with E-state index in [1.807, 2.05) is 12.1 Å². The molecule has 3 fully saturated rings. The zero-order chi connectivity index (χ0) is 34.2. The molecule has 0 radical (unpaired) electrons. The van der Waals surface area contributed by atoms with E-state index in [0.717, 1.165) is 89.0 Å². The van der Waals surface area contributed by atoms with Crippen LogP contribution in [0.5, 0.6) is 11.6 Å². The van der Waals surface area contributed by atoms with Crippen LogP contribution in [0.15, 0.2) is 54.7 Å². The summed E-state index contributed by atoms with van der Waals surface area (Å²) in [4.78, 5) is 35.8. The molecule has 11 nitrogen and oxygen atoms in total. The van der Waals surface area contributed by atoms with E-state index in [2.05, 4.69) is 61.6 Å². The highest BCUT2D eigenvalue weighted by Gasteiger charge is 2.26. The van der Waals surface area contributed by atoms with E-state index in [4.69, 9.17) is 14.6 Å². The number of ether oxygens (including phenoxy) is 2. The molecule has 2 aromatic carbocycles. The number of carbonyl (C=O) groups excluding carboxylic acids is 1. The molecule has 6 rings (SSSR count). The molecule has 0 bridgehead atoms. The minimum absolute atomic E-state index is 0.00764. The van der Waals surface area contributed by atoms with Crippen molar-refractivity contribution in [3.63, 3.8) is 0 Å².